The Kier molecular flexibility index (Phi) is 37.2. The number of hydrogen-bond donors (Lipinski definition) is 1. The summed E-state index contributed by atoms with van der Waals surface area (Å²) < 4.78 is 0. The van der Waals surface area contributed by atoms with Gasteiger partial charge in [0.05, 0.1) is 55.1 Å². The lowest BCUT2D eigenvalue weighted by Gasteiger charge is -2.27. The van der Waals surface area contributed by atoms with Crippen molar-refractivity contribution in [1.82, 2.24) is 34.7 Å². The molecule has 1 N–H and O–H groups in total. The maximum Gasteiger partial charge on any atom is 0.0866 e. The topological polar surface area (TPSA) is 222 Å². The van der Waals surface area contributed by atoms with Gasteiger partial charge in [-0.3, -0.25) is 4.90 Å². The van der Waals surface area contributed by atoms with Crippen LogP contribution in [0.25, 0.3) is 0 Å². The molecule has 0 aromatic heterocycles. The van der Waals surface area contributed by atoms with E-state index < -0.39 is 0 Å². The summed E-state index contributed by atoms with van der Waals surface area (Å²) in [5.41, 5.74) is 0. The van der Waals surface area contributed by atoms with Gasteiger partial charge in [0, 0.05) is 97.3 Å². The molecule has 0 aliphatic carbocycles. The van der Waals surface area contributed by atoms with Gasteiger partial charge in [-0.15, -0.1) is 0 Å². The standard InChI is InChI=1S/C41H67N15/c42-14-1-24-51(25-2-15-43)33-10-36-54(37-11-34-52(26-3-16-44)27-4-17-45)31-8-22-50-23-9-32-55(39-13-40-56(41-21-49)30-7-20-48)38-12-35-53(28-5-18-46)29-6-19-47/h50H,1-13,22-41H2. The summed E-state index contributed by atoms with van der Waals surface area (Å²) in [6, 6.07) is 17.7. The van der Waals surface area contributed by atoms with Crippen LogP contribution < -0.4 is 5.32 Å². The van der Waals surface area contributed by atoms with Crippen LogP contribution in [0.4, 0.5) is 0 Å². The van der Waals surface area contributed by atoms with E-state index in [0.717, 1.165) is 117 Å². The molecule has 0 radical (unpaired) electrons. The van der Waals surface area contributed by atoms with Gasteiger partial charge in [-0.05, 0) is 111 Å². The molecule has 0 fully saturated rings. The SMILES string of the molecule is N#CCCN(CC#N)CCCN(CCCNCCCN(CCCN(CCC#N)CCC#N)CCCN(CCC#N)CCC#N)CCCN(CCC#N)CCC#N. The molecule has 15 nitrogen and oxygen atoms in total. The molecular weight excluding hydrogens is 703 g/mol. The maximum atomic E-state index is 9.21. The van der Waals surface area contributed by atoms with E-state index in [9.17, 15) is 5.26 Å². The zero-order valence-electron chi connectivity index (χ0n) is 34.1. The Bertz CT molecular complexity index is 1200. The van der Waals surface area contributed by atoms with Gasteiger partial charge in [-0.2, -0.15) is 42.1 Å². The fourth-order valence-electron chi connectivity index (χ4n) is 6.56. The minimum Gasteiger partial charge on any atom is -0.317 e. The van der Waals surface area contributed by atoms with Crippen LogP contribution in [-0.2, 0) is 0 Å². The molecule has 0 aromatic rings. The Morgan fingerprint density at radius 1 is 0.250 bits per heavy atom. The van der Waals surface area contributed by atoms with Gasteiger partial charge in [0.15, 0.2) is 0 Å². The lowest BCUT2D eigenvalue weighted by atomic mass is 10.2. The molecule has 0 bridgehead atoms. The quantitative estimate of drug-likeness (QED) is 0.0696. The van der Waals surface area contributed by atoms with E-state index in [1.165, 1.54) is 0 Å². The molecular formula is C41H67N15. The van der Waals surface area contributed by atoms with E-state index in [0.29, 0.717) is 97.3 Å². The monoisotopic (exact) mass is 770 g/mol. The average Bonchev–Trinajstić information content (AvgIpc) is 3.21. The third-order valence-corrected chi connectivity index (χ3v) is 9.52. The van der Waals surface area contributed by atoms with Crippen LogP contribution in [0.2, 0.25) is 0 Å². The van der Waals surface area contributed by atoms with Crippen LogP contribution in [0.1, 0.15) is 83.5 Å². The molecule has 0 aliphatic rings. The van der Waals surface area contributed by atoms with Crippen molar-refractivity contribution in [3.05, 3.63) is 0 Å². The van der Waals surface area contributed by atoms with Crippen molar-refractivity contribution >= 4 is 0 Å². The first-order valence-corrected chi connectivity index (χ1v) is 20.5. The van der Waals surface area contributed by atoms with E-state index >= 15 is 0 Å². The lowest BCUT2D eigenvalue weighted by Crippen LogP contribution is -2.36. The first kappa shape index (κ1) is 51.6. The second-order valence-electron chi connectivity index (χ2n) is 13.9. The van der Waals surface area contributed by atoms with Crippen molar-refractivity contribution in [3.8, 4) is 48.6 Å². The molecule has 0 aromatic carbocycles. The third-order valence-electron chi connectivity index (χ3n) is 9.52. The summed E-state index contributed by atoms with van der Waals surface area (Å²) >= 11 is 0. The zero-order chi connectivity index (χ0) is 41.2. The summed E-state index contributed by atoms with van der Waals surface area (Å²) in [5.74, 6) is 0. The van der Waals surface area contributed by atoms with E-state index in [1.807, 2.05) is 4.90 Å². The number of nitrogens with zero attached hydrogens (tertiary/aromatic N) is 14. The van der Waals surface area contributed by atoms with Crippen molar-refractivity contribution in [2.45, 2.75) is 83.5 Å². The highest BCUT2D eigenvalue weighted by Crippen LogP contribution is 2.05. The summed E-state index contributed by atoms with van der Waals surface area (Å²) in [4.78, 5) is 13.6. The van der Waals surface area contributed by atoms with Gasteiger partial charge in [0.25, 0.3) is 0 Å². The highest BCUT2D eigenvalue weighted by molar-refractivity contribution is 4.81. The fraction of sp³-hybridized carbons (Fsp3) is 0.805. The first-order chi connectivity index (χ1) is 27.5. The second kappa shape index (κ2) is 40.3. The van der Waals surface area contributed by atoms with Crippen LogP contribution in [-0.4, -0.2) is 160 Å². The second-order valence-corrected chi connectivity index (χ2v) is 13.9. The van der Waals surface area contributed by atoms with Crippen LogP contribution in [0.5, 0.6) is 0 Å². The van der Waals surface area contributed by atoms with E-state index in [1.54, 1.807) is 0 Å². The fourth-order valence-corrected chi connectivity index (χ4v) is 6.56. The minimum absolute atomic E-state index is 0.321. The van der Waals surface area contributed by atoms with Crippen LogP contribution in [0.15, 0.2) is 0 Å². The highest BCUT2D eigenvalue weighted by atomic mass is 15.2. The van der Waals surface area contributed by atoms with E-state index in [-0.39, 0.29) is 0 Å². The highest BCUT2D eigenvalue weighted by Gasteiger charge is 2.12. The summed E-state index contributed by atoms with van der Waals surface area (Å²) in [7, 11) is 0. The largest absolute Gasteiger partial charge is 0.317 e. The smallest absolute Gasteiger partial charge is 0.0866 e. The molecule has 0 heterocycles. The Hall–Kier alpha value is -4.36. The molecule has 0 unspecified atom stereocenters. The Balaban J connectivity index is 5.14. The van der Waals surface area contributed by atoms with Crippen molar-refractivity contribution in [2.75, 3.05) is 131 Å². The number of rotatable bonds is 39. The number of nitriles is 8. The molecule has 0 aliphatic heterocycles. The molecule has 0 atom stereocenters. The van der Waals surface area contributed by atoms with Crippen LogP contribution in [0.3, 0.4) is 0 Å². The molecule has 306 valence electrons. The normalized spacial score (nSPS) is 10.9. The van der Waals surface area contributed by atoms with E-state index in [2.05, 4.69) is 78.4 Å². The molecule has 0 saturated heterocycles. The minimum atomic E-state index is 0.321. The third kappa shape index (κ3) is 31.9. The van der Waals surface area contributed by atoms with E-state index in [4.69, 9.17) is 36.8 Å². The summed E-state index contributed by atoms with van der Waals surface area (Å²) in [5, 5.41) is 76.2. The molecule has 15 heteroatoms. The van der Waals surface area contributed by atoms with Gasteiger partial charge >= 0.3 is 0 Å². The van der Waals surface area contributed by atoms with Gasteiger partial charge in [-0.25, -0.2) is 0 Å². The number of hydrogen-bond acceptors (Lipinski definition) is 15. The number of nitrogens with one attached hydrogen (secondary N) is 1. The van der Waals surface area contributed by atoms with Crippen molar-refractivity contribution < 1.29 is 0 Å². The molecule has 0 amide bonds. The van der Waals surface area contributed by atoms with Crippen LogP contribution in [0, 0.1) is 90.6 Å². The van der Waals surface area contributed by atoms with Gasteiger partial charge in [0.1, 0.15) is 0 Å². The molecule has 0 saturated carbocycles. The Morgan fingerprint density at radius 2 is 0.464 bits per heavy atom. The predicted molar refractivity (Wildman–Crippen MR) is 216 cm³/mol. The van der Waals surface area contributed by atoms with Gasteiger partial charge < -0.3 is 29.8 Å². The van der Waals surface area contributed by atoms with Crippen molar-refractivity contribution in [1.29, 1.82) is 42.1 Å². The predicted octanol–water partition coefficient (Wildman–Crippen LogP) is 3.65. The van der Waals surface area contributed by atoms with Gasteiger partial charge in [0.2, 0.25) is 0 Å². The first-order valence-electron chi connectivity index (χ1n) is 20.5. The summed E-state index contributed by atoms with van der Waals surface area (Å²) in [6.07, 6.45) is 8.88. The van der Waals surface area contributed by atoms with Crippen molar-refractivity contribution in [3.63, 3.8) is 0 Å². The Morgan fingerprint density at radius 3 is 0.714 bits per heavy atom. The van der Waals surface area contributed by atoms with Crippen LogP contribution >= 0.6 is 0 Å². The lowest BCUT2D eigenvalue weighted by molar-refractivity contribution is 0.208. The summed E-state index contributed by atoms with van der Waals surface area (Å²) in [6.45, 7) is 15.6. The zero-order valence-corrected chi connectivity index (χ0v) is 34.1. The van der Waals surface area contributed by atoms with Gasteiger partial charge in [-0.1, -0.05) is 0 Å². The molecule has 0 rings (SSSR count). The van der Waals surface area contributed by atoms with Crippen molar-refractivity contribution in [2.24, 2.45) is 0 Å². The Labute approximate surface area is 339 Å². The molecule has 56 heavy (non-hydrogen) atoms. The average molecular weight is 770 g/mol. The molecule has 0 spiro atoms. The maximum absolute atomic E-state index is 9.21.